The molecular formula is C21H19ClFNO2. The molecule has 2 N–H and O–H groups in total. The Morgan fingerprint density at radius 2 is 1.69 bits per heavy atom. The maximum absolute atomic E-state index is 13.8. The van der Waals surface area contributed by atoms with Gasteiger partial charge in [0, 0.05) is 12.1 Å². The summed E-state index contributed by atoms with van der Waals surface area (Å²) in [6.07, 6.45) is 0. The van der Waals surface area contributed by atoms with Crippen LogP contribution >= 0.6 is 11.6 Å². The van der Waals surface area contributed by atoms with Gasteiger partial charge in [0.1, 0.15) is 19.0 Å². The average molecular weight is 372 g/mol. The number of ether oxygens (including phenoxy) is 2. The molecule has 0 aliphatic rings. The molecule has 0 radical (unpaired) electrons. The van der Waals surface area contributed by atoms with Crippen molar-refractivity contribution in [2.24, 2.45) is 5.73 Å². The van der Waals surface area contributed by atoms with E-state index >= 15 is 0 Å². The molecular weight excluding hydrogens is 353 g/mol. The van der Waals surface area contributed by atoms with Crippen LogP contribution in [-0.4, -0.2) is 13.2 Å². The Balaban J connectivity index is 1.91. The van der Waals surface area contributed by atoms with Crippen LogP contribution in [0.25, 0.3) is 11.1 Å². The van der Waals surface area contributed by atoms with Crippen molar-refractivity contribution in [2.75, 3.05) is 13.2 Å². The summed E-state index contributed by atoms with van der Waals surface area (Å²) in [5.41, 5.74) is 7.90. The van der Waals surface area contributed by atoms with Gasteiger partial charge in [-0.2, -0.15) is 0 Å². The van der Waals surface area contributed by atoms with Gasteiger partial charge >= 0.3 is 0 Å². The summed E-state index contributed by atoms with van der Waals surface area (Å²) >= 11 is 6.11. The minimum atomic E-state index is -0.459. The molecule has 5 heteroatoms. The number of hydrogen-bond acceptors (Lipinski definition) is 3. The van der Waals surface area contributed by atoms with Crippen molar-refractivity contribution in [1.82, 2.24) is 0 Å². The maximum atomic E-state index is 13.8. The second kappa shape index (κ2) is 8.70. The maximum Gasteiger partial charge on any atom is 0.162 e. The Hall–Kier alpha value is -2.56. The van der Waals surface area contributed by atoms with Crippen molar-refractivity contribution in [3.05, 3.63) is 83.1 Å². The minimum Gasteiger partial charge on any atom is -0.488 e. The third kappa shape index (κ3) is 4.34. The number of halogens is 2. The monoisotopic (exact) mass is 371 g/mol. The highest BCUT2D eigenvalue weighted by Crippen LogP contribution is 2.36. The smallest absolute Gasteiger partial charge is 0.162 e. The molecule has 0 spiro atoms. The minimum absolute atomic E-state index is 0.0807. The lowest BCUT2D eigenvalue weighted by Gasteiger charge is -2.15. The van der Waals surface area contributed by atoms with E-state index in [2.05, 4.69) is 0 Å². The second-order valence-electron chi connectivity index (χ2n) is 5.67. The molecule has 0 fully saturated rings. The van der Waals surface area contributed by atoms with E-state index in [1.165, 1.54) is 6.07 Å². The highest BCUT2D eigenvalue weighted by Gasteiger charge is 2.12. The van der Waals surface area contributed by atoms with E-state index in [0.717, 1.165) is 11.1 Å². The van der Waals surface area contributed by atoms with Crippen molar-refractivity contribution in [3.8, 4) is 22.6 Å². The molecule has 0 unspecified atom stereocenters. The Morgan fingerprint density at radius 3 is 2.46 bits per heavy atom. The van der Waals surface area contributed by atoms with Gasteiger partial charge in [0.2, 0.25) is 0 Å². The van der Waals surface area contributed by atoms with Crippen LogP contribution < -0.4 is 15.2 Å². The van der Waals surface area contributed by atoms with Crippen molar-refractivity contribution in [1.29, 1.82) is 0 Å². The number of rotatable bonds is 7. The van der Waals surface area contributed by atoms with Gasteiger partial charge in [0.15, 0.2) is 11.5 Å². The van der Waals surface area contributed by atoms with Crippen LogP contribution in [0.15, 0.2) is 66.7 Å². The van der Waals surface area contributed by atoms with Gasteiger partial charge in [-0.3, -0.25) is 0 Å². The largest absolute Gasteiger partial charge is 0.488 e. The molecule has 134 valence electrons. The van der Waals surface area contributed by atoms with Gasteiger partial charge in [-0.25, -0.2) is 4.39 Å². The first-order valence-electron chi connectivity index (χ1n) is 8.27. The summed E-state index contributed by atoms with van der Waals surface area (Å²) in [4.78, 5) is 0. The highest BCUT2D eigenvalue weighted by molar-refractivity contribution is 6.33. The van der Waals surface area contributed by atoms with Gasteiger partial charge in [0.05, 0.1) is 5.02 Å². The molecule has 0 aromatic heterocycles. The number of hydrogen-bond donors (Lipinski definition) is 1. The van der Waals surface area contributed by atoms with Crippen molar-refractivity contribution in [3.63, 3.8) is 0 Å². The highest BCUT2D eigenvalue weighted by atomic mass is 35.5. The first-order chi connectivity index (χ1) is 12.7. The molecule has 0 heterocycles. The number of benzene rings is 3. The van der Waals surface area contributed by atoms with Crippen LogP contribution in [0.2, 0.25) is 5.02 Å². The van der Waals surface area contributed by atoms with Gasteiger partial charge in [-0.1, -0.05) is 60.1 Å². The molecule has 3 nitrogen and oxygen atoms in total. The SMILES string of the molecule is NCCOc1ccc(-c2cccc(F)c2Cl)cc1OCc1ccccc1. The first kappa shape index (κ1) is 18.2. The molecule has 0 atom stereocenters. The zero-order valence-electron chi connectivity index (χ0n) is 14.1. The average Bonchev–Trinajstić information content (AvgIpc) is 2.68. The number of nitrogens with two attached hydrogens (primary N) is 1. The summed E-state index contributed by atoms with van der Waals surface area (Å²) in [6, 6.07) is 19.9. The van der Waals surface area contributed by atoms with Crippen LogP contribution in [0, 0.1) is 5.82 Å². The van der Waals surface area contributed by atoms with Crippen molar-refractivity contribution < 1.29 is 13.9 Å². The summed E-state index contributed by atoms with van der Waals surface area (Å²) in [5, 5.41) is 0.0807. The molecule has 0 aliphatic carbocycles. The topological polar surface area (TPSA) is 44.5 Å². The van der Waals surface area contributed by atoms with Crippen LogP contribution in [0.3, 0.4) is 0 Å². The van der Waals surface area contributed by atoms with Crippen LogP contribution in [0.5, 0.6) is 11.5 Å². The third-order valence-electron chi connectivity index (χ3n) is 3.82. The fourth-order valence-corrected chi connectivity index (χ4v) is 2.77. The Kier molecular flexibility index (Phi) is 6.10. The van der Waals surface area contributed by atoms with E-state index < -0.39 is 5.82 Å². The zero-order valence-corrected chi connectivity index (χ0v) is 14.9. The lowest BCUT2D eigenvalue weighted by molar-refractivity contribution is 0.266. The van der Waals surface area contributed by atoms with E-state index in [9.17, 15) is 4.39 Å². The summed E-state index contributed by atoms with van der Waals surface area (Å²) < 4.78 is 25.4. The Morgan fingerprint density at radius 1 is 0.885 bits per heavy atom. The lowest BCUT2D eigenvalue weighted by Crippen LogP contribution is -2.11. The second-order valence-corrected chi connectivity index (χ2v) is 6.05. The molecule has 0 saturated heterocycles. The van der Waals surface area contributed by atoms with E-state index in [1.807, 2.05) is 36.4 Å². The molecule has 26 heavy (non-hydrogen) atoms. The Labute approximate surface area is 157 Å². The quantitative estimate of drug-likeness (QED) is 0.631. The predicted molar refractivity (Wildman–Crippen MR) is 102 cm³/mol. The summed E-state index contributed by atoms with van der Waals surface area (Å²) in [5.74, 6) is 0.683. The van der Waals surface area contributed by atoms with Gasteiger partial charge in [0.25, 0.3) is 0 Å². The van der Waals surface area contributed by atoms with Crippen molar-refractivity contribution >= 4 is 11.6 Å². The van der Waals surface area contributed by atoms with E-state index in [4.69, 9.17) is 26.8 Å². The van der Waals surface area contributed by atoms with Crippen molar-refractivity contribution in [2.45, 2.75) is 6.61 Å². The fourth-order valence-electron chi connectivity index (χ4n) is 2.54. The van der Waals surface area contributed by atoms with Crippen LogP contribution in [0.4, 0.5) is 4.39 Å². The standard InChI is InChI=1S/C21H19ClFNO2/c22-21-17(7-4-8-18(21)23)16-9-10-19(25-12-11-24)20(13-16)26-14-15-5-2-1-3-6-15/h1-10,13H,11-12,14,24H2. The zero-order chi connectivity index (χ0) is 18.4. The summed E-state index contributed by atoms with van der Waals surface area (Å²) in [7, 11) is 0. The molecule has 0 saturated carbocycles. The van der Waals surface area contributed by atoms with Crippen LogP contribution in [0.1, 0.15) is 5.56 Å². The van der Waals surface area contributed by atoms with Gasteiger partial charge in [-0.05, 0) is 29.3 Å². The van der Waals surface area contributed by atoms with Gasteiger partial charge < -0.3 is 15.2 Å². The Bertz CT molecular complexity index is 871. The predicted octanol–water partition coefficient (Wildman–Crippen LogP) is 5.06. The lowest BCUT2D eigenvalue weighted by atomic mass is 10.0. The third-order valence-corrected chi connectivity index (χ3v) is 4.20. The normalized spacial score (nSPS) is 10.6. The van der Waals surface area contributed by atoms with E-state index in [1.54, 1.807) is 24.3 Å². The molecule has 0 aliphatic heterocycles. The molecule has 0 bridgehead atoms. The van der Waals surface area contributed by atoms with E-state index in [0.29, 0.717) is 36.8 Å². The molecule has 3 rings (SSSR count). The van der Waals surface area contributed by atoms with E-state index in [-0.39, 0.29) is 5.02 Å². The molecule has 0 amide bonds. The fraction of sp³-hybridized carbons (Fsp3) is 0.143. The van der Waals surface area contributed by atoms with Crippen LogP contribution in [-0.2, 0) is 6.61 Å². The summed E-state index contributed by atoms with van der Waals surface area (Å²) in [6.45, 7) is 1.16. The molecule has 3 aromatic carbocycles. The first-order valence-corrected chi connectivity index (χ1v) is 8.65. The van der Waals surface area contributed by atoms with Gasteiger partial charge in [-0.15, -0.1) is 0 Å². The molecule has 3 aromatic rings.